The lowest BCUT2D eigenvalue weighted by Crippen LogP contribution is -2.26. The normalized spacial score (nSPS) is 13.9. The third-order valence-electron chi connectivity index (χ3n) is 2.42. The van der Waals surface area contributed by atoms with E-state index in [9.17, 15) is 8.42 Å². The van der Waals surface area contributed by atoms with Gasteiger partial charge in [0.05, 0.1) is 5.75 Å². The lowest BCUT2D eigenvalue weighted by molar-refractivity contribution is 0.174. The monoisotopic (exact) mass is 336 g/mol. The first-order chi connectivity index (χ1) is 8.46. The highest BCUT2D eigenvalue weighted by atomic mass is 79.9. The van der Waals surface area contributed by atoms with Gasteiger partial charge in [0.2, 0.25) is 16.8 Å². The van der Waals surface area contributed by atoms with E-state index < -0.39 is 10.0 Å². The van der Waals surface area contributed by atoms with Crippen LogP contribution in [0.15, 0.2) is 16.6 Å². The van der Waals surface area contributed by atoms with Crippen molar-refractivity contribution < 1.29 is 17.9 Å². The number of rotatable bonds is 5. The minimum atomic E-state index is -3.42. The molecule has 0 atom stereocenters. The van der Waals surface area contributed by atoms with Crippen LogP contribution in [0.4, 0.5) is 0 Å². The average Bonchev–Trinajstić information content (AvgIpc) is 2.70. The van der Waals surface area contributed by atoms with Crippen molar-refractivity contribution in [3.8, 4) is 11.5 Å². The highest BCUT2D eigenvalue weighted by Crippen LogP contribution is 2.36. The Labute approximate surface area is 114 Å². The van der Waals surface area contributed by atoms with Crippen molar-refractivity contribution in [1.29, 1.82) is 0 Å². The number of hydrogen-bond donors (Lipinski definition) is 2. The van der Waals surface area contributed by atoms with E-state index >= 15 is 0 Å². The van der Waals surface area contributed by atoms with Crippen LogP contribution in [-0.4, -0.2) is 27.5 Å². The molecule has 8 heteroatoms. The summed E-state index contributed by atoms with van der Waals surface area (Å²) in [7, 11) is -3.42. The summed E-state index contributed by atoms with van der Waals surface area (Å²) >= 11 is 3.42. The third-order valence-corrected chi connectivity index (χ3v) is 3.93. The van der Waals surface area contributed by atoms with Crippen LogP contribution in [0.1, 0.15) is 5.56 Å². The molecule has 1 aromatic rings. The zero-order valence-corrected chi connectivity index (χ0v) is 11.9. The van der Waals surface area contributed by atoms with Crippen LogP contribution >= 0.6 is 15.9 Å². The minimum absolute atomic E-state index is 0.0881. The van der Waals surface area contributed by atoms with Gasteiger partial charge in [-0.1, -0.05) is 15.9 Å². The maximum Gasteiger partial charge on any atom is 0.231 e. The van der Waals surface area contributed by atoms with Gasteiger partial charge >= 0.3 is 0 Å². The maximum absolute atomic E-state index is 10.8. The fourth-order valence-corrected chi connectivity index (χ4v) is 2.42. The van der Waals surface area contributed by atoms with Crippen molar-refractivity contribution in [2.45, 2.75) is 6.54 Å². The predicted octanol–water partition coefficient (Wildman–Crippen LogP) is 0.556. The zero-order chi connectivity index (χ0) is 13.2. The third kappa shape index (κ3) is 3.58. The molecule has 0 fully saturated rings. The average molecular weight is 337 g/mol. The van der Waals surface area contributed by atoms with E-state index in [1.165, 1.54) is 0 Å². The van der Waals surface area contributed by atoms with E-state index in [1.807, 2.05) is 12.1 Å². The lowest BCUT2D eigenvalue weighted by Gasteiger charge is -2.07. The molecular formula is C10H13BrN2O4S. The molecule has 1 aliphatic rings. The zero-order valence-electron chi connectivity index (χ0n) is 9.48. The first-order valence-electron chi connectivity index (χ1n) is 5.25. The minimum Gasteiger partial charge on any atom is -0.454 e. The van der Waals surface area contributed by atoms with Crippen LogP contribution in [0.25, 0.3) is 0 Å². The molecule has 0 saturated carbocycles. The number of benzene rings is 1. The van der Waals surface area contributed by atoms with Gasteiger partial charge in [-0.15, -0.1) is 0 Å². The van der Waals surface area contributed by atoms with Crippen LogP contribution in [0, 0.1) is 0 Å². The molecule has 0 amide bonds. The first-order valence-corrected chi connectivity index (χ1v) is 7.76. The van der Waals surface area contributed by atoms with Gasteiger partial charge in [0.15, 0.2) is 11.5 Å². The van der Waals surface area contributed by atoms with Crippen LogP contribution in [0.5, 0.6) is 11.5 Å². The summed E-state index contributed by atoms with van der Waals surface area (Å²) < 4.78 is 32.9. The smallest absolute Gasteiger partial charge is 0.231 e. The molecule has 0 saturated heterocycles. The number of ether oxygens (including phenoxy) is 2. The Hall–Kier alpha value is -0.830. The molecule has 0 spiro atoms. The van der Waals surface area contributed by atoms with E-state index in [2.05, 4.69) is 21.2 Å². The van der Waals surface area contributed by atoms with Gasteiger partial charge in [-0.2, -0.15) is 0 Å². The molecule has 0 aliphatic carbocycles. The molecule has 0 bridgehead atoms. The van der Waals surface area contributed by atoms with Crippen molar-refractivity contribution in [3.63, 3.8) is 0 Å². The molecule has 6 nitrogen and oxygen atoms in total. The summed E-state index contributed by atoms with van der Waals surface area (Å²) in [5.74, 6) is 1.31. The van der Waals surface area contributed by atoms with Crippen molar-refractivity contribution in [2.24, 2.45) is 5.14 Å². The van der Waals surface area contributed by atoms with Gasteiger partial charge < -0.3 is 14.8 Å². The Kier molecular flexibility index (Phi) is 4.10. The lowest BCUT2D eigenvalue weighted by atomic mass is 10.2. The van der Waals surface area contributed by atoms with Gasteiger partial charge in [-0.25, -0.2) is 13.6 Å². The molecule has 2 rings (SSSR count). The second-order valence-corrected chi connectivity index (χ2v) is 6.43. The first kappa shape index (κ1) is 13.6. The van der Waals surface area contributed by atoms with E-state index in [-0.39, 0.29) is 12.5 Å². The topological polar surface area (TPSA) is 90.7 Å². The summed E-state index contributed by atoms with van der Waals surface area (Å²) in [5.41, 5.74) is 0.966. The summed E-state index contributed by atoms with van der Waals surface area (Å²) in [6, 6.07) is 3.69. The van der Waals surface area contributed by atoms with Gasteiger partial charge in [0.25, 0.3) is 0 Å². The largest absolute Gasteiger partial charge is 0.454 e. The van der Waals surface area contributed by atoms with Crippen molar-refractivity contribution in [1.82, 2.24) is 5.32 Å². The standard InChI is InChI=1S/C10H13BrN2O4S/c11-8-4-10-9(16-6-17-10)3-7(8)5-13-1-2-18(12,14)15/h3-4,13H,1-2,5-6H2,(H2,12,14,15). The number of fused-ring (bicyclic) bond motifs is 1. The summed E-state index contributed by atoms with van der Waals surface area (Å²) in [6.07, 6.45) is 0. The molecule has 1 aliphatic heterocycles. The molecule has 3 N–H and O–H groups in total. The van der Waals surface area contributed by atoms with Crippen molar-refractivity contribution >= 4 is 26.0 Å². The molecule has 100 valence electrons. The number of hydrogen-bond acceptors (Lipinski definition) is 5. The molecule has 18 heavy (non-hydrogen) atoms. The van der Waals surface area contributed by atoms with E-state index in [1.54, 1.807) is 0 Å². The number of sulfonamides is 1. The highest BCUT2D eigenvalue weighted by molar-refractivity contribution is 9.10. The molecule has 1 heterocycles. The second-order valence-electron chi connectivity index (χ2n) is 3.84. The van der Waals surface area contributed by atoms with E-state index in [0.29, 0.717) is 24.6 Å². The highest BCUT2D eigenvalue weighted by Gasteiger charge is 2.16. The maximum atomic E-state index is 10.8. The Morgan fingerprint density at radius 1 is 1.33 bits per heavy atom. The quantitative estimate of drug-likeness (QED) is 0.766. The predicted molar refractivity (Wildman–Crippen MR) is 69.9 cm³/mol. The number of nitrogens with one attached hydrogen (secondary N) is 1. The van der Waals surface area contributed by atoms with Gasteiger partial charge in [0.1, 0.15) is 0 Å². The van der Waals surface area contributed by atoms with Gasteiger partial charge in [-0.05, 0) is 17.7 Å². The van der Waals surface area contributed by atoms with E-state index in [4.69, 9.17) is 14.6 Å². The van der Waals surface area contributed by atoms with Crippen LogP contribution in [0.3, 0.4) is 0 Å². The van der Waals surface area contributed by atoms with Crippen molar-refractivity contribution in [2.75, 3.05) is 19.1 Å². The Morgan fingerprint density at radius 2 is 2.00 bits per heavy atom. The van der Waals surface area contributed by atoms with Crippen LogP contribution in [0.2, 0.25) is 0 Å². The second kappa shape index (κ2) is 5.43. The number of primary sulfonamides is 1. The van der Waals surface area contributed by atoms with Crippen LogP contribution in [-0.2, 0) is 16.6 Å². The Bertz CT molecular complexity index is 547. The Balaban J connectivity index is 1.94. The number of halogens is 1. The van der Waals surface area contributed by atoms with Gasteiger partial charge in [0, 0.05) is 17.6 Å². The molecule has 0 unspecified atom stereocenters. The summed E-state index contributed by atoms with van der Waals surface area (Å²) in [4.78, 5) is 0. The molecule has 0 aromatic heterocycles. The molecular weight excluding hydrogens is 324 g/mol. The fraction of sp³-hybridized carbons (Fsp3) is 0.400. The number of nitrogens with two attached hydrogens (primary N) is 1. The molecule has 1 aromatic carbocycles. The van der Waals surface area contributed by atoms with E-state index in [0.717, 1.165) is 10.0 Å². The fourth-order valence-electron chi connectivity index (χ4n) is 1.53. The Morgan fingerprint density at radius 3 is 2.67 bits per heavy atom. The van der Waals surface area contributed by atoms with Crippen molar-refractivity contribution in [3.05, 3.63) is 22.2 Å². The van der Waals surface area contributed by atoms with Gasteiger partial charge in [-0.3, -0.25) is 0 Å². The molecule has 0 radical (unpaired) electrons. The summed E-state index contributed by atoms with van der Waals surface area (Å²) in [5, 5.41) is 7.91. The summed E-state index contributed by atoms with van der Waals surface area (Å²) in [6.45, 7) is 1.05. The SMILES string of the molecule is NS(=O)(=O)CCNCc1cc2c(cc1Br)OCO2. The van der Waals surface area contributed by atoms with Crippen LogP contribution < -0.4 is 19.9 Å².